The molecular formula is C6H13NO3. The van der Waals surface area contributed by atoms with E-state index in [9.17, 15) is 4.79 Å². The molecular weight excluding hydrogens is 134 g/mol. The van der Waals surface area contributed by atoms with Crippen LogP contribution in [0.15, 0.2) is 0 Å². The number of hydrogen-bond donors (Lipinski definition) is 1. The number of carbonyl (C=O) groups excluding carboxylic acids is 1. The van der Waals surface area contributed by atoms with Crippen molar-refractivity contribution in [2.24, 2.45) is 0 Å². The lowest BCUT2D eigenvalue weighted by atomic mass is 10.3. The molecule has 60 valence electrons. The average Bonchev–Trinajstić information content (AvgIpc) is 2.00. The molecule has 0 rings (SSSR count). The van der Waals surface area contributed by atoms with E-state index in [2.05, 4.69) is 4.84 Å². The molecule has 0 spiro atoms. The van der Waals surface area contributed by atoms with Crippen LogP contribution in [0.4, 0.5) is 0 Å². The monoisotopic (exact) mass is 147 g/mol. The van der Waals surface area contributed by atoms with Crippen LogP contribution in [0.2, 0.25) is 0 Å². The number of rotatable bonds is 3. The highest BCUT2D eigenvalue weighted by Crippen LogP contribution is 1.95. The van der Waals surface area contributed by atoms with Crippen LogP contribution >= 0.6 is 0 Å². The van der Waals surface area contributed by atoms with Crippen LogP contribution < -0.4 is 0 Å². The third-order valence-corrected chi connectivity index (χ3v) is 1.26. The van der Waals surface area contributed by atoms with E-state index in [4.69, 9.17) is 5.11 Å². The number of hydroxylamine groups is 2. The highest BCUT2D eigenvalue weighted by atomic mass is 16.7. The Bertz CT molecular complexity index is 104. The molecule has 0 aliphatic heterocycles. The van der Waals surface area contributed by atoms with E-state index >= 15 is 0 Å². The van der Waals surface area contributed by atoms with Gasteiger partial charge in [0.1, 0.15) is 6.10 Å². The first kappa shape index (κ1) is 9.39. The summed E-state index contributed by atoms with van der Waals surface area (Å²) < 4.78 is 0. The Hall–Kier alpha value is -0.610. The Balaban J connectivity index is 3.82. The molecule has 1 amide bonds. The molecule has 0 aliphatic rings. The SMILES string of the molecule is CCC(O)C(=O)N(C)OC. The molecule has 1 atom stereocenters. The zero-order chi connectivity index (χ0) is 8.15. The van der Waals surface area contributed by atoms with E-state index < -0.39 is 12.0 Å². The number of hydrogen-bond acceptors (Lipinski definition) is 3. The lowest BCUT2D eigenvalue weighted by Crippen LogP contribution is -2.35. The largest absolute Gasteiger partial charge is 0.383 e. The summed E-state index contributed by atoms with van der Waals surface area (Å²) in [6, 6.07) is 0. The Kier molecular flexibility index (Phi) is 3.99. The summed E-state index contributed by atoms with van der Waals surface area (Å²) in [5.41, 5.74) is 0. The van der Waals surface area contributed by atoms with Gasteiger partial charge in [0.2, 0.25) is 0 Å². The second kappa shape index (κ2) is 4.24. The van der Waals surface area contributed by atoms with Gasteiger partial charge in [-0.2, -0.15) is 0 Å². The topological polar surface area (TPSA) is 49.8 Å². The molecule has 10 heavy (non-hydrogen) atoms. The fourth-order valence-electron chi connectivity index (χ4n) is 0.474. The normalized spacial score (nSPS) is 12.8. The molecule has 0 saturated carbocycles. The van der Waals surface area contributed by atoms with Crippen LogP contribution in [0.5, 0.6) is 0 Å². The van der Waals surface area contributed by atoms with E-state index in [1.54, 1.807) is 6.92 Å². The summed E-state index contributed by atoms with van der Waals surface area (Å²) in [5, 5.41) is 9.96. The van der Waals surface area contributed by atoms with Gasteiger partial charge in [-0.1, -0.05) is 6.92 Å². The number of carbonyl (C=O) groups is 1. The zero-order valence-corrected chi connectivity index (χ0v) is 6.50. The molecule has 1 unspecified atom stereocenters. The molecule has 0 aromatic rings. The fourth-order valence-corrected chi connectivity index (χ4v) is 0.474. The lowest BCUT2D eigenvalue weighted by Gasteiger charge is -2.16. The van der Waals surface area contributed by atoms with Gasteiger partial charge in [-0.15, -0.1) is 0 Å². The molecule has 0 bridgehead atoms. The van der Waals surface area contributed by atoms with Crippen molar-refractivity contribution >= 4 is 5.91 Å². The predicted molar refractivity (Wildman–Crippen MR) is 36.1 cm³/mol. The minimum Gasteiger partial charge on any atom is -0.383 e. The van der Waals surface area contributed by atoms with Gasteiger partial charge in [-0.3, -0.25) is 9.63 Å². The molecule has 0 aromatic heterocycles. The Morgan fingerprint density at radius 3 is 2.60 bits per heavy atom. The van der Waals surface area contributed by atoms with Crippen molar-refractivity contribution in [1.82, 2.24) is 5.06 Å². The first-order valence-corrected chi connectivity index (χ1v) is 3.13. The van der Waals surface area contributed by atoms with Gasteiger partial charge < -0.3 is 5.11 Å². The van der Waals surface area contributed by atoms with Crippen LogP contribution in [0.25, 0.3) is 0 Å². The maximum absolute atomic E-state index is 10.9. The van der Waals surface area contributed by atoms with Gasteiger partial charge in [-0.05, 0) is 6.42 Å². The molecule has 4 nitrogen and oxygen atoms in total. The van der Waals surface area contributed by atoms with E-state index in [0.717, 1.165) is 5.06 Å². The van der Waals surface area contributed by atoms with E-state index in [-0.39, 0.29) is 0 Å². The van der Waals surface area contributed by atoms with Crippen LogP contribution in [0, 0.1) is 0 Å². The number of aliphatic hydroxyl groups is 1. The molecule has 0 radical (unpaired) electrons. The first-order valence-electron chi connectivity index (χ1n) is 3.13. The van der Waals surface area contributed by atoms with Crippen molar-refractivity contribution in [1.29, 1.82) is 0 Å². The predicted octanol–water partition coefficient (Wildman–Crippen LogP) is -0.223. The summed E-state index contributed by atoms with van der Waals surface area (Å²) in [6.07, 6.45) is -0.531. The Morgan fingerprint density at radius 2 is 2.30 bits per heavy atom. The van der Waals surface area contributed by atoms with Gasteiger partial charge >= 0.3 is 0 Å². The number of likely N-dealkylation sites (N-methyl/N-ethyl adjacent to an activating group) is 1. The van der Waals surface area contributed by atoms with Gasteiger partial charge in [0, 0.05) is 7.05 Å². The zero-order valence-electron chi connectivity index (χ0n) is 6.50. The molecule has 4 heteroatoms. The van der Waals surface area contributed by atoms with Crippen LogP contribution in [-0.4, -0.2) is 36.3 Å². The van der Waals surface area contributed by atoms with Gasteiger partial charge in [0.05, 0.1) is 7.11 Å². The first-order chi connectivity index (χ1) is 4.63. The third-order valence-electron chi connectivity index (χ3n) is 1.26. The second-order valence-electron chi connectivity index (χ2n) is 1.94. The fraction of sp³-hybridized carbons (Fsp3) is 0.833. The van der Waals surface area contributed by atoms with Crippen molar-refractivity contribution in [3.8, 4) is 0 Å². The van der Waals surface area contributed by atoms with Crippen molar-refractivity contribution in [2.45, 2.75) is 19.4 Å². The molecule has 0 aliphatic carbocycles. The summed E-state index contributed by atoms with van der Waals surface area (Å²) in [5.74, 6) is -0.412. The van der Waals surface area contributed by atoms with Crippen molar-refractivity contribution in [3.05, 3.63) is 0 Å². The van der Waals surface area contributed by atoms with Gasteiger partial charge in [0.25, 0.3) is 5.91 Å². The maximum Gasteiger partial charge on any atom is 0.274 e. The van der Waals surface area contributed by atoms with Crippen LogP contribution in [-0.2, 0) is 9.63 Å². The van der Waals surface area contributed by atoms with E-state index in [1.807, 2.05) is 0 Å². The minimum atomic E-state index is -0.940. The molecule has 0 saturated heterocycles. The molecule has 0 fully saturated rings. The van der Waals surface area contributed by atoms with E-state index in [1.165, 1.54) is 14.2 Å². The second-order valence-corrected chi connectivity index (χ2v) is 1.94. The summed E-state index contributed by atoms with van der Waals surface area (Å²) in [7, 11) is 2.83. The number of aliphatic hydroxyl groups excluding tert-OH is 1. The van der Waals surface area contributed by atoms with Gasteiger partial charge in [-0.25, -0.2) is 5.06 Å². The van der Waals surface area contributed by atoms with Crippen LogP contribution in [0.3, 0.4) is 0 Å². The number of amides is 1. The number of nitrogens with zero attached hydrogens (tertiary/aromatic N) is 1. The summed E-state index contributed by atoms with van der Waals surface area (Å²) in [6.45, 7) is 1.73. The average molecular weight is 147 g/mol. The molecule has 0 aromatic carbocycles. The van der Waals surface area contributed by atoms with Crippen LogP contribution in [0.1, 0.15) is 13.3 Å². The van der Waals surface area contributed by atoms with Crippen molar-refractivity contribution in [2.75, 3.05) is 14.2 Å². The third kappa shape index (κ3) is 2.33. The van der Waals surface area contributed by atoms with Gasteiger partial charge in [0.15, 0.2) is 0 Å². The lowest BCUT2D eigenvalue weighted by molar-refractivity contribution is -0.177. The highest BCUT2D eigenvalue weighted by molar-refractivity contribution is 5.79. The Morgan fingerprint density at radius 1 is 1.80 bits per heavy atom. The standard InChI is InChI=1S/C6H13NO3/c1-4-5(8)6(9)7(2)10-3/h5,8H,4H2,1-3H3. The minimum absolute atomic E-state index is 0.409. The Labute approximate surface area is 60.3 Å². The highest BCUT2D eigenvalue weighted by Gasteiger charge is 2.16. The molecule has 1 N–H and O–H groups in total. The smallest absolute Gasteiger partial charge is 0.274 e. The van der Waals surface area contributed by atoms with E-state index in [0.29, 0.717) is 6.42 Å². The molecule has 0 heterocycles. The summed E-state index contributed by atoms with van der Waals surface area (Å²) in [4.78, 5) is 15.4. The summed E-state index contributed by atoms with van der Waals surface area (Å²) >= 11 is 0. The van der Waals surface area contributed by atoms with Crippen molar-refractivity contribution in [3.63, 3.8) is 0 Å². The quantitative estimate of drug-likeness (QED) is 0.561. The van der Waals surface area contributed by atoms with Crippen molar-refractivity contribution < 1.29 is 14.7 Å². The maximum atomic E-state index is 10.9.